The lowest BCUT2D eigenvalue weighted by atomic mass is 9.85. The first-order valence-electron chi connectivity index (χ1n) is 7.52. The topological polar surface area (TPSA) is 121 Å². The van der Waals surface area contributed by atoms with Gasteiger partial charge in [0.1, 0.15) is 0 Å². The predicted octanol–water partition coefficient (Wildman–Crippen LogP) is 1.07. The molecular formula is C15H24N2O6S2. The van der Waals surface area contributed by atoms with E-state index in [0.717, 1.165) is 4.31 Å². The molecule has 1 aromatic carbocycles. The summed E-state index contributed by atoms with van der Waals surface area (Å²) in [6, 6.07) is 6.05. The Hall–Kier alpha value is -1.65. The summed E-state index contributed by atoms with van der Waals surface area (Å²) < 4.78 is 50.7. The molecule has 0 aliphatic heterocycles. The van der Waals surface area contributed by atoms with Gasteiger partial charge < -0.3 is 5.11 Å². The van der Waals surface area contributed by atoms with Crippen LogP contribution < -0.4 is 4.72 Å². The van der Waals surface area contributed by atoms with Gasteiger partial charge in [0, 0.05) is 19.8 Å². The number of nitrogens with zero attached hydrogens (tertiary/aromatic N) is 1. The lowest BCUT2D eigenvalue weighted by molar-refractivity contribution is -0.142. The summed E-state index contributed by atoms with van der Waals surface area (Å²) in [7, 11) is -4.35. The molecule has 25 heavy (non-hydrogen) atoms. The van der Waals surface area contributed by atoms with Crippen molar-refractivity contribution in [2.24, 2.45) is 0 Å². The average Bonchev–Trinajstić information content (AvgIpc) is 2.46. The fourth-order valence-electron chi connectivity index (χ4n) is 1.92. The highest BCUT2D eigenvalue weighted by atomic mass is 32.2. The van der Waals surface area contributed by atoms with E-state index in [1.807, 2.05) is 0 Å². The number of carboxylic acid groups (broad SMARTS) is 1. The van der Waals surface area contributed by atoms with E-state index in [0.29, 0.717) is 11.3 Å². The molecule has 0 aromatic heterocycles. The van der Waals surface area contributed by atoms with Gasteiger partial charge in [-0.3, -0.25) is 9.52 Å². The largest absolute Gasteiger partial charge is 0.481 e. The van der Waals surface area contributed by atoms with E-state index in [1.54, 1.807) is 26.0 Å². The maximum Gasteiger partial charge on any atom is 0.313 e. The standard InChI is InChI=1S/C15H24N2O6S2/c1-15(2,14(18)19)12-6-8-13(9-7-12)16-24(20,21)10-5-11-25(22,23)17(3)4/h6-9,16H,5,10-11H2,1-4H3,(H,18,19). The van der Waals surface area contributed by atoms with Crippen molar-refractivity contribution in [3.63, 3.8) is 0 Å². The van der Waals surface area contributed by atoms with Crippen molar-refractivity contribution in [3.8, 4) is 0 Å². The minimum absolute atomic E-state index is 0.0278. The molecule has 0 heterocycles. The van der Waals surface area contributed by atoms with Crippen LogP contribution in [0.4, 0.5) is 5.69 Å². The van der Waals surface area contributed by atoms with Crippen LogP contribution in [0.3, 0.4) is 0 Å². The van der Waals surface area contributed by atoms with E-state index in [9.17, 15) is 26.7 Å². The van der Waals surface area contributed by atoms with Crippen molar-refractivity contribution in [2.75, 3.05) is 30.3 Å². The third-order valence-corrected chi connectivity index (χ3v) is 7.08. The summed E-state index contributed by atoms with van der Waals surface area (Å²) >= 11 is 0. The lowest BCUT2D eigenvalue weighted by Gasteiger charge is -2.20. The number of rotatable bonds is 9. The van der Waals surface area contributed by atoms with Crippen LogP contribution in [0.1, 0.15) is 25.8 Å². The van der Waals surface area contributed by atoms with Crippen molar-refractivity contribution < 1.29 is 26.7 Å². The molecule has 0 amide bonds. The number of benzene rings is 1. The normalized spacial score (nSPS) is 13.0. The summed E-state index contributed by atoms with van der Waals surface area (Å²) in [5, 5.41) is 9.19. The molecule has 0 spiro atoms. The SMILES string of the molecule is CN(C)S(=O)(=O)CCCS(=O)(=O)Nc1ccc(C(C)(C)C(=O)O)cc1. The average molecular weight is 392 g/mol. The molecule has 10 heteroatoms. The monoisotopic (exact) mass is 392 g/mol. The maximum absolute atomic E-state index is 12.0. The molecule has 0 radical (unpaired) electrons. The fraction of sp³-hybridized carbons (Fsp3) is 0.533. The van der Waals surface area contributed by atoms with Crippen LogP contribution in [-0.2, 0) is 30.3 Å². The second kappa shape index (κ2) is 7.71. The van der Waals surface area contributed by atoms with Crippen molar-refractivity contribution in [3.05, 3.63) is 29.8 Å². The number of carboxylic acids is 1. The van der Waals surface area contributed by atoms with Gasteiger partial charge in [-0.2, -0.15) is 0 Å². The summed E-state index contributed by atoms with van der Waals surface area (Å²) in [5.41, 5.74) is -0.252. The molecule has 0 aliphatic carbocycles. The van der Waals surface area contributed by atoms with Gasteiger partial charge >= 0.3 is 5.97 Å². The third kappa shape index (κ3) is 5.98. The van der Waals surface area contributed by atoms with Crippen molar-refractivity contribution in [2.45, 2.75) is 25.7 Å². The van der Waals surface area contributed by atoms with Crippen molar-refractivity contribution in [1.82, 2.24) is 4.31 Å². The van der Waals surface area contributed by atoms with Crippen LogP contribution in [0.2, 0.25) is 0 Å². The Morgan fingerprint density at radius 3 is 2.04 bits per heavy atom. The summed E-state index contributed by atoms with van der Waals surface area (Å²) in [6.07, 6.45) is -0.0278. The molecule has 142 valence electrons. The van der Waals surface area contributed by atoms with Crippen LogP contribution in [-0.4, -0.2) is 57.8 Å². The van der Waals surface area contributed by atoms with Gasteiger partial charge in [0.05, 0.1) is 16.9 Å². The van der Waals surface area contributed by atoms with Gasteiger partial charge in [0.15, 0.2) is 0 Å². The van der Waals surface area contributed by atoms with Gasteiger partial charge in [0.2, 0.25) is 20.0 Å². The zero-order valence-electron chi connectivity index (χ0n) is 14.7. The summed E-state index contributed by atoms with van der Waals surface area (Å²) in [6.45, 7) is 3.11. The van der Waals surface area contributed by atoms with E-state index in [1.165, 1.54) is 26.2 Å². The zero-order chi connectivity index (χ0) is 19.5. The Morgan fingerprint density at radius 1 is 1.08 bits per heavy atom. The molecule has 0 aliphatic rings. The van der Waals surface area contributed by atoms with Gasteiger partial charge in [-0.15, -0.1) is 0 Å². The molecule has 0 bridgehead atoms. The Balaban J connectivity index is 2.73. The Bertz CT molecular complexity index is 812. The first-order chi connectivity index (χ1) is 11.3. The van der Waals surface area contributed by atoms with E-state index >= 15 is 0 Å². The smallest absolute Gasteiger partial charge is 0.313 e. The third-order valence-electron chi connectivity index (χ3n) is 3.79. The van der Waals surface area contributed by atoms with Crippen LogP contribution in [0, 0.1) is 0 Å². The van der Waals surface area contributed by atoms with Gasteiger partial charge in [-0.05, 0) is 38.0 Å². The number of sulfonamides is 2. The molecule has 0 saturated carbocycles. The van der Waals surface area contributed by atoms with E-state index in [-0.39, 0.29) is 17.9 Å². The highest BCUT2D eigenvalue weighted by molar-refractivity contribution is 7.92. The second-order valence-corrected chi connectivity index (χ2v) is 10.5. The number of nitrogens with one attached hydrogen (secondary N) is 1. The van der Waals surface area contributed by atoms with E-state index in [4.69, 9.17) is 0 Å². The molecule has 8 nitrogen and oxygen atoms in total. The lowest BCUT2D eigenvalue weighted by Crippen LogP contribution is -2.28. The molecule has 1 aromatic rings. The quantitative estimate of drug-likeness (QED) is 0.648. The molecule has 0 atom stereocenters. The van der Waals surface area contributed by atoms with Gasteiger partial charge in [0.25, 0.3) is 0 Å². The number of anilines is 1. The highest BCUT2D eigenvalue weighted by Crippen LogP contribution is 2.25. The van der Waals surface area contributed by atoms with E-state index < -0.39 is 31.4 Å². The minimum atomic E-state index is -3.70. The highest BCUT2D eigenvalue weighted by Gasteiger charge is 2.29. The molecule has 0 saturated heterocycles. The van der Waals surface area contributed by atoms with Gasteiger partial charge in [-0.25, -0.2) is 21.1 Å². The maximum atomic E-state index is 12.0. The van der Waals surface area contributed by atoms with E-state index in [2.05, 4.69) is 4.72 Å². The first-order valence-corrected chi connectivity index (χ1v) is 10.8. The molecular weight excluding hydrogens is 368 g/mol. The summed E-state index contributed by atoms with van der Waals surface area (Å²) in [5.74, 6) is -1.57. The van der Waals surface area contributed by atoms with Crippen LogP contribution in [0.15, 0.2) is 24.3 Å². The zero-order valence-corrected chi connectivity index (χ0v) is 16.3. The Morgan fingerprint density at radius 2 is 1.60 bits per heavy atom. The molecule has 0 fully saturated rings. The van der Waals surface area contributed by atoms with Crippen LogP contribution >= 0.6 is 0 Å². The number of hydrogen-bond donors (Lipinski definition) is 2. The fourth-order valence-corrected chi connectivity index (χ4v) is 4.10. The minimum Gasteiger partial charge on any atom is -0.481 e. The summed E-state index contributed by atoms with van der Waals surface area (Å²) in [4.78, 5) is 11.2. The molecule has 1 rings (SSSR count). The number of hydrogen-bond acceptors (Lipinski definition) is 5. The number of carbonyl (C=O) groups is 1. The van der Waals surface area contributed by atoms with Crippen LogP contribution in [0.25, 0.3) is 0 Å². The Kier molecular flexibility index (Phi) is 6.60. The van der Waals surface area contributed by atoms with Crippen molar-refractivity contribution in [1.29, 1.82) is 0 Å². The van der Waals surface area contributed by atoms with Crippen molar-refractivity contribution >= 4 is 31.7 Å². The van der Waals surface area contributed by atoms with Gasteiger partial charge in [-0.1, -0.05) is 12.1 Å². The number of aliphatic carboxylic acids is 1. The first kappa shape index (κ1) is 21.4. The predicted molar refractivity (Wildman–Crippen MR) is 96.6 cm³/mol. The molecule has 2 N–H and O–H groups in total. The molecule has 0 unspecified atom stereocenters. The van der Waals surface area contributed by atoms with Crippen LogP contribution in [0.5, 0.6) is 0 Å². The second-order valence-electron chi connectivity index (χ2n) is 6.38. The Labute approximate surface area is 149 Å².